The molecule has 2 heteroatoms. The topological polar surface area (TPSA) is 26.0 Å². The van der Waals surface area contributed by atoms with E-state index in [1.807, 2.05) is 0 Å². The Balaban J connectivity index is 1.64. The first kappa shape index (κ1) is 16.0. The fourth-order valence-electron chi connectivity index (χ4n) is 3.34. The molecule has 2 atom stereocenters. The van der Waals surface area contributed by atoms with Gasteiger partial charge in [-0.25, -0.2) is 0 Å². The Labute approximate surface area is 126 Å². The van der Waals surface area contributed by atoms with Gasteiger partial charge in [-0.05, 0) is 29.1 Å². The van der Waals surface area contributed by atoms with Gasteiger partial charge in [0.05, 0.1) is 0 Å². The number of benzene rings is 1. The van der Waals surface area contributed by atoms with Crippen LogP contribution in [0.5, 0.6) is 0 Å². The molecule has 0 aliphatic heterocycles. The molecule has 1 aromatic carbocycles. The van der Waals surface area contributed by atoms with Crippen molar-refractivity contribution in [2.75, 3.05) is 0 Å². The Morgan fingerprint density at radius 1 is 1.05 bits per heavy atom. The Morgan fingerprint density at radius 2 is 1.75 bits per heavy atom. The Kier molecular flexibility index (Phi) is 7.03. The second-order valence-corrected chi connectivity index (χ2v) is 7.15. The molecule has 0 amide bonds. The summed E-state index contributed by atoms with van der Waals surface area (Å²) in [5.74, 6) is 1.04. The van der Waals surface area contributed by atoms with Crippen LogP contribution in [0.1, 0.15) is 74.6 Å². The number of hydrogen-bond donors (Lipinski definition) is 1. The number of nitrogens with two attached hydrogens (primary N) is 1. The van der Waals surface area contributed by atoms with E-state index in [-0.39, 0.29) is 0 Å². The molecule has 0 spiro atoms. The highest BCUT2D eigenvalue weighted by Gasteiger charge is 2.13. The van der Waals surface area contributed by atoms with Crippen LogP contribution in [-0.2, 0) is 6.54 Å². The van der Waals surface area contributed by atoms with E-state index in [9.17, 15) is 0 Å². The molecule has 0 saturated heterocycles. The highest BCUT2D eigenvalue weighted by molar-refractivity contribution is 7.17. The predicted molar refractivity (Wildman–Crippen MR) is 91.8 cm³/mol. The summed E-state index contributed by atoms with van der Waals surface area (Å²) >= 11 is 0. The van der Waals surface area contributed by atoms with Gasteiger partial charge >= 0.3 is 0 Å². The monoisotopic (exact) mass is 291 g/mol. The van der Waals surface area contributed by atoms with Crippen molar-refractivity contribution in [2.45, 2.75) is 70.0 Å². The van der Waals surface area contributed by atoms with Crippen LogP contribution >= 0.6 is 9.24 Å². The highest BCUT2D eigenvalue weighted by atomic mass is 31.0. The lowest BCUT2D eigenvalue weighted by Gasteiger charge is -2.21. The summed E-state index contributed by atoms with van der Waals surface area (Å²) < 4.78 is 0. The van der Waals surface area contributed by atoms with E-state index < -0.39 is 0 Å². The smallest absolute Gasteiger partial charge is 0.0178 e. The predicted octanol–water partition coefficient (Wildman–Crippen LogP) is 5.20. The van der Waals surface area contributed by atoms with Crippen molar-refractivity contribution in [1.29, 1.82) is 0 Å². The SMILES string of the molecule is NCc1ccc(C(P)CCCCC2CCCCC2)cc1. The molecule has 2 rings (SSSR count). The summed E-state index contributed by atoms with van der Waals surface area (Å²) in [6.45, 7) is 0.642. The summed E-state index contributed by atoms with van der Waals surface area (Å²) in [6.07, 6.45) is 12.9. The third kappa shape index (κ3) is 5.19. The molecule has 0 aromatic heterocycles. The van der Waals surface area contributed by atoms with E-state index >= 15 is 0 Å². The van der Waals surface area contributed by atoms with Crippen molar-refractivity contribution < 1.29 is 0 Å². The molecule has 20 heavy (non-hydrogen) atoms. The molecule has 2 unspecified atom stereocenters. The minimum atomic E-state index is 0.605. The van der Waals surface area contributed by atoms with Gasteiger partial charge in [-0.3, -0.25) is 0 Å². The van der Waals surface area contributed by atoms with E-state index in [2.05, 4.69) is 33.5 Å². The van der Waals surface area contributed by atoms with Crippen LogP contribution < -0.4 is 5.73 Å². The average Bonchev–Trinajstić information content (AvgIpc) is 2.52. The molecule has 1 aromatic rings. The Morgan fingerprint density at radius 3 is 2.40 bits per heavy atom. The molecular weight excluding hydrogens is 261 g/mol. The minimum Gasteiger partial charge on any atom is -0.326 e. The summed E-state index contributed by atoms with van der Waals surface area (Å²) in [5.41, 5.74) is 8.90. The fourth-order valence-corrected chi connectivity index (χ4v) is 3.80. The molecule has 0 bridgehead atoms. The molecule has 1 fully saturated rings. The standard InChI is InChI=1S/C18H30NP/c19-14-16-10-12-17(13-11-16)18(20)9-5-4-8-15-6-2-1-3-7-15/h10-13,15,18H,1-9,14,19-20H2. The first-order valence-electron chi connectivity index (χ1n) is 8.34. The molecule has 2 N–H and O–H groups in total. The zero-order valence-corrected chi connectivity index (χ0v) is 13.8. The Hall–Kier alpha value is -0.390. The normalized spacial score (nSPS) is 18.1. The van der Waals surface area contributed by atoms with Gasteiger partial charge in [-0.15, -0.1) is 9.24 Å². The maximum absolute atomic E-state index is 5.64. The van der Waals surface area contributed by atoms with Gasteiger partial charge in [-0.2, -0.15) is 0 Å². The van der Waals surface area contributed by atoms with Crippen LogP contribution in [0.2, 0.25) is 0 Å². The molecule has 112 valence electrons. The zero-order valence-electron chi connectivity index (χ0n) is 12.7. The van der Waals surface area contributed by atoms with E-state index in [0.717, 1.165) is 5.92 Å². The Bertz CT molecular complexity index is 368. The summed E-state index contributed by atoms with van der Waals surface area (Å²) in [6, 6.07) is 8.80. The van der Waals surface area contributed by atoms with Crippen molar-refractivity contribution >= 4 is 9.24 Å². The maximum Gasteiger partial charge on any atom is 0.0178 e. The van der Waals surface area contributed by atoms with Crippen LogP contribution in [0.25, 0.3) is 0 Å². The highest BCUT2D eigenvalue weighted by Crippen LogP contribution is 2.31. The molecule has 0 radical (unpaired) electrons. The molecular formula is C18H30NP. The molecule has 1 aliphatic carbocycles. The first-order valence-corrected chi connectivity index (χ1v) is 9.00. The lowest BCUT2D eigenvalue weighted by molar-refractivity contribution is 0.328. The largest absolute Gasteiger partial charge is 0.326 e. The van der Waals surface area contributed by atoms with Crippen molar-refractivity contribution in [2.24, 2.45) is 11.7 Å². The number of unbranched alkanes of at least 4 members (excludes halogenated alkanes) is 1. The van der Waals surface area contributed by atoms with Gasteiger partial charge in [0.2, 0.25) is 0 Å². The lowest BCUT2D eigenvalue weighted by Crippen LogP contribution is -2.05. The molecule has 1 saturated carbocycles. The minimum absolute atomic E-state index is 0.605. The summed E-state index contributed by atoms with van der Waals surface area (Å²) in [4.78, 5) is 0. The summed E-state index contributed by atoms with van der Waals surface area (Å²) in [7, 11) is 3.01. The van der Waals surface area contributed by atoms with Gasteiger partial charge in [0.25, 0.3) is 0 Å². The lowest BCUT2D eigenvalue weighted by atomic mass is 9.85. The van der Waals surface area contributed by atoms with Crippen LogP contribution in [0, 0.1) is 5.92 Å². The second-order valence-electron chi connectivity index (χ2n) is 6.34. The van der Waals surface area contributed by atoms with Gasteiger partial charge in [0, 0.05) is 6.54 Å². The van der Waals surface area contributed by atoms with E-state index in [0.29, 0.717) is 12.2 Å². The fraction of sp³-hybridized carbons (Fsp3) is 0.667. The van der Waals surface area contributed by atoms with Crippen LogP contribution in [0.15, 0.2) is 24.3 Å². The van der Waals surface area contributed by atoms with Crippen molar-refractivity contribution in [3.8, 4) is 0 Å². The van der Waals surface area contributed by atoms with Crippen LogP contribution in [-0.4, -0.2) is 0 Å². The number of rotatable bonds is 7. The molecule has 1 aliphatic rings. The van der Waals surface area contributed by atoms with Crippen LogP contribution in [0.3, 0.4) is 0 Å². The third-order valence-corrected chi connectivity index (χ3v) is 5.46. The van der Waals surface area contributed by atoms with E-state index in [1.165, 1.54) is 68.9 Å². The molecule has 1 nitrogen and oxygen atoms in total. The van der Waals surface area contributed by atoms with E-state index in [4.69, 9.17) is 5.73 Å². The van der Waals surface area contributed by atoms with Crippen molar-refractivity contribution in [1.82, 2.24) is 0 Å². The second kappa shape index (κ2) is 8.80. The van der Waals surface area contributed by atoms with Crippen molar-refractivity contribution in [3.05, 3.63) is 35.4 Å². The average molecular weight is 291 g/mol. The molecule has 0 heterocycles. The third-order valence-electron chi connectivity index (χ3n) is 4.75. The van der Waals surface area contributed by atoms with Gasteiger partial charge in [-0.1, -0.05) is 75.6 Å². The quantitative estimate of drug-likeness (QED) is 0.542. The van der Waals surface area contributed by atoms with Gasteiger partial charge < -0.3 is 5.73 Å². The summed E-state index contributed by atoms with van der Waals surface area (Å²) in [5, 5.41) is 0. The van der Waals surface area contributed by atoms with Gasteiger partial charge in [0.1, 0.15) is 0 Å². The van der Waals surface area contributed by atoms with Crippen LogP contribution in [0.4, 0.5) is 0 Å². The van der Waals surface area contributed by atoms with Gasteiger partial charge in [0.15, 0.2) is 0 Å². The zero-order chi connectivity index (χ0) is 14.2. The number of hydrogen-bond acceptors (Lipinski definition) is 1. The van der Waals surface area contributed by atoms with E-state index in [1.54, 1.807) is 0 Å². The van der Waals surface area contributed by atoms with Crippen molar-refractivity contribution in [3.63, 3.8) is 0 Å². The maximum atomic E-state index is 5.64. The first-order chi connectivity index (χ1) is 9.79.